The van der Waals surface area contributed by atoms with Gasteiger partial charge in [-0.2, -0.15) is 11.8 Å². The van der Waals surface area contributed by atoms with Gasteiger partial charge in [-0.15, -0.1) is 0 Å². The standard InChI is InChI=1S/C24H34N4O4S/c1-16(2)31-24(29)28-13-9-19(10-14-28)32-21-8-12-25-23(22(21)30-4)27-20-7-6-18(11-15-33-5)26-17(20)3/h6-8,12,16,19H,9-11,13-15H2,1-5H3,(H,25,27). The van der Waals surface area contributed by atoms with Gasteiger partial charge in [0.05, 0.1) is 24.6 Å². The number of methoxy groups -OCH3 is 1. The van der Waals surface area contributed by atoms with Gasteiger partial charge in [-0.05, 0) is 51.3 Å². The summed E-state index contributed by atoms with van der Waals surface area (Å²) in [5, 5.41) is 3.34. The highest BCUT2D eigenvalue weighted by molar-refractivity contribution is 7.98. The fourth-order valence-corrected chi connectivity index (χ4v) is 4.05. The molecular weight excluding hydrogens is 440 g/mol. The third-order valence-electron chi connectivity index (χ3n) is 5.36. The van der Waals surface area contributed by atoms with Crippen molar-refractivity contribution in [3.05, 3.63) is 35.8 Å². The fraction of sp³-hybridized carbons (Fsp3) is 0.542. The van der Waals surface area contributed by atoms with E-state index in [9.17, 15) is 4.79 Å². The second kappa shape index (κ2) is 12.0. The minimum Gasteiger partial charge on any atom is -0.490 e. The SMILES string of the molecule is COc1c(OC2CCN(C(=O)OC(C)C)CC2)ccnc1Nc1ccc(CCSC)nc1C. The van der Waals surface area contributed by atoms with Crippen molar-refractivity contribution in [3.63, 3.8) is 0 Å². The third kappa shape index (κ3) is 6.90. The van der Waals surface area contributed by atoms with Crippen LogP contribution >= 0.6 is 11.8 Å². The first kappa shape index (κ1) is 25.0. The average Bonchev–Trinajstić information content (AvgIpc) is 2.79. The number of carbonyl (C=O) groups excluding carboxylic acids is 1. The van der Waals surface area contributed by atoms with E-state index in [1.807, 2.05) is 44.7 Å². The molecule has 0 spiro atoms. The maximum atomic E-state index is 12.1. The Balaban J connectivity index is 1.66. The molecule has 1 aliphatic heterocycles. The van der Waals surface area contributed by atoms with E-state index >= 15 is 0 Å². The van der Waals surface area contributed by atoms with Crippen LogP contribution in [0.1, 0.15) is 38.1 Å². The number of amides is 1. The van der Waals surface area contributed by atoms with Crippen LogP contribution in [0.2, 0.25) is 0 Å². The lowest BCUT2D eigenvalue weighted by atomic mass is 10.1. The van der Waals surface area contributed by atoms with Crippen LogP contribution in [0.3, 0.4) is 0 Å². The predicted octanol–water partition coefficient (Wildman–Crippen LogP) is 4.83. The lowest BCUT2D eigenvalue weighted by Gasteiger charge is -2.32. The Labute approximate surface area is 200 Å². The molecule has 0 aliphatic carbocycles. The number of hydrogen-bond donors (Lipinski definition) is 1. The lowest BCUT2D eigenvalue weighted by molar-refractivity contribution is 0.0511. The number of pyridine rings is 2. The van der Waals surface area contributed by atoms with Crippen molar-refractivity contribution in [1.29, 1.82) is 0 Å². The van der Waals surface area contributed by atoms with Crippen LogP contribution < -0.4 is 14.8 Å². The van der Waals surface area contributed by atoms with Gasteiger partial charge in [0.15, 0.2) is 11.6 Å². The zero-order valence-corrected chi connectivity index (χ0v) is 20.9. The fourth-order valence-electron chi connectivity index (χ4n) is 3.64. The summed E-state index contributed by atoms with van der Waals surface area (Å²) in [7, 11) is 1.61. The van der Waals surface area contributed by atoms with E-state index < -0.39 is 0 Å². The van der Waals surface area contributed by atoms with Gasteiger partial charge in [0, 0.05) is 43.9 Å². The van der Waals surface area contributed by atoms with Crippen LogP contribution in [0, 0.1) is 6.92 Å². The van der Waals surface area contributed by atoms with Gasteiger partial charge in [-0.3, -0.25) is 4.98 Å². The molecule has 1 aliphatic rings. The average molecular weight is 475 g/mol. The van der Waals surface area contributed by atoms with Crippen molar-refractivity contribution >= 4 is 29.4 Å². The van der Waals surface area contributed by atoms with Crippen LogP contribution in [0.5, 0.6) is 11.5 Å². The number of carbonyl (C=O) groups is 1. The molecule has 3 rings (SSSR count). The first-order chi connectivity index (χ1) is 15.9. The van der Waals surface area contributed by atoms with Gasteiger partial charge in [-0.1, -0.05) is 0 Å². The molecule has 2 aromatic rings. The summed E-state index contributed by atoms with van der Waals surface area (Å²) in [6.07, 6.45) is 5.79. The van der Waals surface area contributed by atoms with Crippen LogP contribution in [-0.2, 0) is 11.2 Å². The number of ether oxygens (including phenoxy) is 3. The first-order valence-corrected chi connectivity index (χ1v) is 12.7. The summed E-state index contributed by atoms with van der Waals surface area (Å²) in [6, 6.07) is 5.87. The van der Waals surface area contributed by atoms with Crippen LogP contribution in [0.25, 0.3) is 0 Å². The summed E-state index contributed by atoms with van der Waals surface area (Å²) in [5.74, 6) is 2.80. The van der Waals surface area contributed by atoms with Gasteiger partial charge in [0.2, 0.25) is 5.75 Å². The normalized spacial score (nSPS) is 14.3. The Morgan fingerprint density at radius 2 is 2.03 bits per heavy atom. The summed E-state index contributed by atoms with van der Waals surface area (Å²) in [4.78, 5) is 23.0. The van der Waals surface area contributed by atoms with E-state index in [0.29, 0.717) is 30.4 Å². The Morgan fingerprint density at radius 3 is 2.67 bits per heavy atom. The molecule has 0 bridgehead atoms. The molecule has 0 saturated carbocycles. The molecule has 2 aromatic heterocycles. The first-order valence-electron chi connectivity index (χ1n) is 11.3. The number of nitrogens with zero attached hydrogens (tertiary/aromatic N) is 3. The molecule has 0 atom stereocenters. The number of nitrogens with one attached hydrogen (secondary N) is 1. The van der Waals surface area contributed by atoms with Crippen molar-refractivity contribution in [1.82, 2.24) is 14.9 Å². The molecule has 9 heteroatoms. The summed E-state index contributed by atoms with van der Waals surface area (Å²) >= 11 is 1.81. The largest absolute Gasteiger partial charge is 0.490 e. The molecule has 8 nitrogen and oxygen atoms in total. The second-order valence-corrected chi connectivity index (χ2v) is 9.22. The predicted molar refractivity (Wildman–Crippen MR) is 132 cm³/mol. The van der Waals surface area contributed by atoms with Gasteiger partial charge in [0.25, 0.3) is 0 Å². The number of likely N-dealkylation sites (tertiary alicyclic amines) is 1. The molecule has 33 heavy (non-hydrogen) atoms. The molecule has 0 radical (unpaired) electrons. The quantitative estimate of drug-likeness (QED) is 0.553. The highest BCUT2D eigenvalue weighted by atomic mass is 32.2. The highest BCUT2D eigenvalue weighted by Crippen LogP contribution is 2.36. The minimum atomic E-state index is -0.264. The van der Waals surface area contributed by atoms with Crippen LogP contribution in [-0.4, -0.2) is 65.4 Å². The minimum absolute atomic E-state index is 0.0172. The van der Waals surface area contributed by atoms with E-state index in [1.54, 1.807) is 24.3 Å². The Hall–Kier alpha value is -2.68. The summed E-state index contributed by atoms with van der Waals surface area (Å²) < 4.78 is 17.2. The lowest BCUT2D eigenvalue weighted by Crippen LogP contribution is -2.42. The van der Waals surface area contributed by atoms with E-state index in [-0.39, 0.29) is 18.3 Å². The van der Waals surface area contributed by atoms with E-state index in [1.165, 1.54) is 0 Å². The number of rotatable bonds is 9. The van der Waals surface area contributed by atoms with Crippen molar-refractivity contribution < 1.29 is 19.0 Å². The summed E-state index contributed by atoms with van der Waals surface area (Å²) in [5.41, 5.74) is 2.86. The zero-order chi connectivity index (χ0) is 23.8. The van der Waals surface area contributed by atoms with E-state index in [4.69, 9.17) is 19.2 Å². The second-order valence-electron chi connectivity index (χ2n) is 8.23. The van der Waals surface area contributed by atoms with E-state index in [2.05, 4.69) is 16.6 Å². The third-order valence-corrected chi connectivity index (χ3v) is 5.97. The number of piperidine rings is 1. The molecule has 0 unspecified atom stereocenters. The molecule has 1 N–H and O–H groups in total. The molecular formula is C24H34N4O4S. The van der Waals surface area contributed by atoms with Gasteiger partial charge < -0.3 is 24.4 Å². The molecule has 0 aromatic carbocycles. The number of aromatic nitrogens is 2. The highest BCUT2D eigenvalue weighted by Gasteiger charge is 2.26. The maximum Gasteiger partial charge on any atom is 0.410 e. The van der Waals surface area contributed by atoms with E-state index in [0.717, 1.165) is 42.1 Å². The smallest absolute Gasteiger partial charge is 0.410 e. The van der Waals surface area contributed by atoms with Crippen molar-refractivity contribution in [2.75, 3.05) is 37.5 Å². The molecule has 3 heterocycles. The number of anilines is 2. The topological polar surface area (TPSA) is 85.8 Å². The van der Waals surface area contributed by atoms with Crippen LogP contribution in [0.15, 0.2) is 24.4 Å². The van der Waals surface area contributed by atoms with Gasteiger partial charge in [0.1, 0.15) is 6.10 Å². The van der Waals surface area contributed by atoms with Crippen molar-refractivity contribution in [3.8, 4) is 11.5 Å². The molecule has 180 valence electrons. The molecule has 1 amide bonds. The number of hydrogen-bond acceptors (Lipinski definition) is 8. The van der Waals surface area contributed by atoms with Crippen molar-refractivity contribution in [2.45, 2.75) is 52.2 Å². The molecule has 1 saturated heterocycles. The Bertz CT molecular complexity index is 933. The maximum absolute atomic E-state index is 12.1. The van der Waals surface area contributed by atoms with Crippen molar-refractivity contribution in [2.24, 2.45) is 0 Å². The monoisotopic (exact) mass is 474 g/mol. The number of thioether (sulfide) groups is 1. The summed E-state index contributed by atoms with van der Waals surface area (Å²) in [6.45, 7) is 6.89. The van der Waals surface area contributed by atoms with Gasteiger partial charge in [-0.25, -0.2) is 9.78 Å². The van der Waals surface area contributed by atoms with Crippen LogP contribution in [0.4, 0.5) is 16.3 Å². The Morgan fingerprint density at radius 1 is 1.27 bits per heavy atom. The zero-order valence-electron chi connectivity index (χ0n) is 20.1. The van der Waals surface area contributed by atoms with Gasteiger partial charge >= 0.3 is 6.09 Å². The number of aryl methyl sites for hydroxylation is 2. The molecule has 1 fully saturated rings. The Kier molecular flexibility index (Phi) is 9.05.